The van der Waals surface area contributed by atoms with Crippen LogP contribution in [0.15, 0.2) is 0 Å². The lowest BCUT2D eigenvalue weighted by Crippen LogP contribution is -2.53. The number of hydrazine groups is 1. The van der Waals surface area contributed by atoms with E-state index in [2.05, 4.69) is 32.5 Å². The summed E-state index contributed by atoms with van der Waals surface area (Å²) in [5.74, 6) is 12.6. The van der Waals surface area contributed by atoms with E-state index >= 15 is 0 Å². The van der Waals surface area contributed by atoms with Gasteiger partial charge in [-0.25, -0.2) is 0 Å². The van der Waals surface area contributed by atoms with Gasteiger partial charge >= 0.3 is 0 Å². The highest BCUT2D eigenvalue weighted by atomic mass is 15.0. The number of rotatable bonds is 1. The normalized spacial score (nSPS) is 50.0. The molecule has 0 saturated heterocycles. The third kappa shape index (κ3) is 2.58. The first-order valence-corrected chi connectivity index (χ1v) is 10.3. The fourth-order valence-electron chi connectivity index (χ4n) is 8.01. The van der Waals surface area contributed by atoms with E-state index in [4.69, 9.17) is 5.41 Å². The minimum absolute atomic E-state index is 0.463. The minimum atomic E-state index is 0.463. The molecule has 5 N–H and O–H groups in total. The van der Waals surface area contributed by atoms with Gasteiger partial charge in [-0.3, -0.25) is 11.7 Å². The van der Waals surface area contributed by atoms with Gasteiger partial charge in [0.15, 0.2) is 0 Å². The number of fused-ring (bicyclic) bond motifs is 5. The first kappa shape index (κ1) is 18.4. The third-order valence-corrected chi connectivity index (χ3v) is 9.11. The van der Waals surface area contributed by atoms with Crippen LogP contribution in [0.25, 0.3) is 0 Å². The van der Waals surface area contributed by atoms with Crippen LogP contribution in [-0.4, -0.2) is 5.71 Å². The van der Waals surface area contributed by atoms with Crippen LogP contribution in [0.2, 0.25) is 0 Å². The molecule has 4 fully saturated rings. The molecule has 0 spiro atoms. The van der Waals surface area contributed by atoms with Crippen LogP contribution in [0.5, 0.6) is 0 Å². The van der Waals surface area contributed by atoms with E-state index in [1.165, 1.54) is 64.2 Å². The molecular formula is C21H39N3. The van der Waals surface area contributed by atoms with E-state index in [9.17, 15) is 0 Å². The smallest absolute Gasteiger partial charge is 0.00946 e. The van der Waals surface area contributed by atoms with Crippen LogP contribution in [0.3, 0.4) is 0 Å². The first-order valence-electron chi connectivity index (χ1n) is 10.3. The molecule has 4 rings (SSSR count). The molecule has 7 atom stereocenters. The van der Waals surface area contributed by atoms with Crippen molar-refractivity contribution in [1.29, 1.82) is 5.41 Å². The van der Waals surface area contributed by atoms with E-state index < -0.39 is 0 Å². The maximum absolute atomic E-state index is 8.26. The van der Waals surface area contributed by atoms with Gasteiger partial charge in [-0.15, -0.1) is 0 Å². The predicted octanol–water partition coefficient (Wildman–Crippen LogP) is 4.89. The molecule has 0 radical (unpaired) electrons. The molecule has 0 aromatic carbocycles. The molecule has 4 saturated carbocycles. The predicted molar refractivity (Wildman–Crippen MR) is 102 cm³/mol. The molecule has 3 heteroatoms. The molecule has 0 heterocycles. The highest BCUT2D eigenvalue weighted by molar-refractivity contribution is 5.82. The van der Waals surface area contributed by atoms with Crippen molar-refractivity contribution in [1.82, 2.24) is 0 Å². The van der Waals surface area contributed by atoms with Gasteiger partial charge in [-0.05, 0) is 92.8 Å². The molecule has 0 amide bonds. The summed E-state index contributed by atoms with van der Waals surface area (Å²) in [6.07, 6.45) is 14.6. The van der Waals surface area contributed by atoms with Gasteiger partial charge in [0.25, 0.3) is 0 Å². The number of nitrogens with two attached hydrogens (primary N) is 2. The lowest BCUT2D eigenvalue weighted by molar-refractivity contribution is -0.106. The fraction of sp³-hybridized carbons (Fsp3) is 0.952. The van der Waals surface area contributed by atoms with Crippen LogP contribution < -0.4 is 11.7 Å². The number of hydrogen-bond acceptors (Lipinski definition) is 3. The van der Waals surface area contributed by atoms with Crippen LogP contribution >= 0.6 is 0 Å². The molecule has 7 unspecified atom stereocenters. The molecule has 4 aliphatic carbocycles. The third-order valence-electron chi connectivity index (χ3n) is 9.11. The van der Waals surface area contributed by atoms with Gasteiger partial charge in [-0.2, -0.15) is 0 Å². The van der Waals surface area contributed by atoms with Gasteiger partial charge < -0.3 is 5.41 Å². The van der Waals surface area contributed by atoms with E-state index in [1.807, 2.05) is 0 Å². The van der Waals surface area contributed by atoms with Gasteiger partial charge in [0.2, 0.25) is 0 Å². The maximum atomic E-state index is 8.26. The van der Waals surface area contributed by atoms with Crippen LogP contribution in [0.1, 0.15) is 85.0 Å². The Morgan fingerprint density at radius 3 is 2.25 bits per heavy atom. The molecule has 0 aliphatic heterocycles. The molecule has 0 aromatic rings. The fourth-order valence-corrected chi connectivity index (χ4v) is 8.01. The van der Waals surface area contributed by atoms with Crippen molar-refractivity contribution in [3.8, 4) is 0 Å². The number of nitrogens with one attached hydrogen (secondary N) is 1. The highest BCUT2D eigenvalue weighted by Gasteiger charge is 2.59. The molecule has 4 aliphatic rings. The standard InChI is InChI=1S/C21H35N.H4N2/c1-14(22)17-9-10-18-16-8-7-15-6-4-5-12-20(15,2)19(16)11-13-21(17,18)3;1-2/h15-19,22H,4-13H2,1-3H3;1-2H2. The number of hydrogen-bond donors (Lipinski definition) is 3. The first-order chi connectivity index (χ1) is 11.5. The van der Waals surface area contributed by atoms with Crippen molar-refractivity contribution in [3.63, 3.8) is 0 Å². The SMILES string of the molecule is CC(=N)C1CCC2C3CCC4CCCCC4(C)C3CCC12C.NN. The second-order valence-electron chi connectivity index (χ2n) is 9.76. The average molecular weight is 334 g/mol. The minimum Gasteiger partial charge on any atom is -0.310 e. The molecule has 0 bridgehead atoms. The van der Waals surface area contributed by atoms with E-state index in [-0.39, 0.29) is 0 Å². The summed E-state index contributed by atoms with van der Waals surface area (Å²) in [5, 5.41) is 8.26. The van der Waals surface area contributed by atoms with E-state index in [0.717, 1.165) is 29.4 Å². The summed E-state index contributed by atoms with van der Waals surface area (Å²) in [4.78, 5) is 0. The highest BCUT2D eigenvalue weighted by Crippen LogP contribution is 2.67. The summed E-state index contributed by atoms with van der Waals surface area (Å²) < 4.78 is 0. The lowest BCUT2D eigenvalue weighted by Gasteiger charge is -2.60. The molecular weight excluding hydrogens is 294 g/mol. The van der Waals surface area contributed by atoms with Gasteiger partial charge in [0.1, 0.15) is 0 Å². The van der Waals surface area contributed by atoms with Crippen LogP contribution in [0.4, 0.5) is 0 Å². The zero-order valence-corrected chi connectivity index (χ0v) is 16.1. The van der Waals surface area contributed by atoms with E-state index in [1.54, 1.807) is 0 Å². The Kier molecular flexibility index (Phi) is 5.15. The maximum Gasteiger partial charge on any atom is 0.00946 e. The van der Waals surface area contributed by atoms with Gasteiger partial charge in [0, 0.05) is 11.6 Å². The van der Waals surface area contributed by atoms with Crippen molar-refractivity contribution >= 4 is 5.71 Å². The lowest BCUT2D eigenvalue weighted by atomic mass is 9.45. The van der Waals surface area contributed by atoms with Crippen LogP contribution in [0, 0.1) is 45.8 Å². The molecule has 138 valence electrons. The van der Waals surface area contributed by atoms with E-state index in [0.29, 0.717) is 16.7 Å². The Bertz CT molecular complexity index is 476. The monoisotopic (exact) mass is 333 g/mol. The summed E-state index contributed by atoms with van der Waals surface area (Å²) in [5.41, 5.74) is 2.10. The molecule has 24 heavy (non-hydrogen) atoms. The molecule has 3 nitrogen and oxygen atoms in total. The Hall–Kier alpha value is -0.410. The summed E-state index contributed by atoms with van der Waals surface area (Å²) >= 11 is 0. The van der Waals surface area contributed by atoms with Crippen molar-refractivity contribution in [2.45, 2.75) is 85.0 Å². The van der Waals surface area contributed by atoms with Gasteiger partial charge in [-0.1, -0.05) is 26.7 Å². The zero-order chi connectivity index (χ0) is 17.5. The van der Waals surface area contributed by atoms with Crippen molar-refractivity contribution in [3.05, 3.63) is 0 Å². The quantitative estimate of drug-likeness (QED) is 0.363. The van der Waals surface area contributed by atoms with Crippen molar-refractivity contribution in [2.24, 2.45) is 52.1 Å². The largest absolute Gasteiger partial charge is 0.310 e. The summed E-state index contributed by atoms with van der Waals surface area (Å²) in [7, 11) is 0. The van der Waals surface area contributed by atoms with Crippen molar-refractivity contribution < 1.29 is 0 Å². The Morgan fingerprint density at radius 1 is 0.833 bits per heavy atom. The molecule has 0 aromatic heterocycles. The average Bonchev–Trinajstić information content (AvgIpc) is 2.93. The second kappa shape index (κ2) is 6.72. The summed E-state index contributed by atoms with van der Waals surface area (Å²) in [6.45, 7) is 7.30. The van der Waals surface area contributed by atoms with Crippen LogP contribution in [-0.2, 0) is 0 Å². The Balaban J connectivity index is 0.000000815. The zero-order valence-electron chi connectivity index (χ0n) is 16.1. The van der Waals surface area contributed by atoms with Crippen molar-refractivity contribution in [2.75, 3.05) is 0 Å². The Morgan fingerprint density at radius 2 is 1.54 bits per heavy atom. The topological polar surface area (TPSA) is 75.9 Å². The van der Waals surface area contributed by atoms with Gasteiger partial charge in [0.05, 0.1) is 0 Å². The second-order valence-corrected chi connectivity index (χ2v) is 9.76. The summed E-state index contributed by atoms with van der Waals surface area (Å²) in [6, 6.07) is 0. The Labute approximate surface area is 148 Å².